The van der Waals surface area contributed by atoms with Gasteiger partial charge in [0, 0.05) is 23.6 Å². The van der Waals surface area contributed by atoms with E-state index in [0.29, 0.717) is 11.3 Å². The van der Waals surface area contributed by atoms with Crippen molar-refractivity contribution >= 4 is 23.4 Å². The van der Waals surface area contributed by atoms with Crippen molar-refractivity contribution in [3.05, 3.63) is 66.0 Å². The van der Waals surface area contributed by atoms with E-state index in [1.54, 1.807) is 48.3 Å². The largest absolute Gasteiger partial charge is 0.506 e. The van der Waals surface area contributed by atoms with Crippen LogP contribution in [0.3, 0.4) is 0 Å². The smallest absolute Gasteiger partial charge is 0.255 e. The number of aromatic hydroxyl groups is 1. The van der Waals surface area contributed by atoms with E-state index in [1.165, 1.54) is 0 Å². The van der Waals surface area contributed by atoms with Gasteiger partial charge in [-0.1, -0.05) is 17.8 Å². The zero-order chi connectivity index (χ0) is 17.1. The molecule has 1 aromatic heterocycles. The fourth-order valence-electron chi connectivity index (χ4n) is 2.36. The number of phenolic OH excluding ortho intramolecular Hbond substituents is 1. The van der Waals surface area contributed by atoms with Crippen LogP contribution in [0.2, 0.25) is 0 Å². The number of phenols is 1. The Morgan fingerprint density at radius 1 is 1.21 bits per heavy atom. The number of hydrogen-bond acceptors (Lipinski definition) is 4. The fraction of sp³-hybridized carbons (Fsp3) is 0.111. The number of carbonyl (C=O) groups excluding carboxylic acids is 1. The van der Waals surface area contributed by atoms with Crippen molar-refractivity contribution in [2.75, 3.05) is 11.6 Å². The summed E-state index contributed by atoms with van der Waals surface area (Å²) in [7, 11) is 0. The molecule has 3 aromatic rings. The first kappa shape index (κ1) is 16.1. The molecule has 0 aliphatic rings. The number of rotatable bonds is 4. The number of imidazole rings is 1. The summed E-state index contributed by atoms with van der Waals surface area (Å²) in [6.45, 7) is 1.90. The van der Waals surface area contributed by atoms with Crippen LogP contribution in [0, 0.1) is 6.92 Å². The monoisotopic (exact) mass is 339 g/mol. The third-order valence-corrected chi connectivity index (χ3v) is 4.26. The van der Waals surface area contributed by atoms with Crippen molar-refractivity contribution in [2.45, 2.75) is 12.1 Å². The van der Waals surface area contributed by atoms with Gasteiger partial charge in [0.25, 0.3) is 5.91 Å². The Labute approximate surface area is 144 Å². The first-order valence-electron chi connectivity index (χ1n) is 7.37. The molecule has 122 valence electrons. The van der Waals surface area contributed by atoms with Gasteiger partial charge in [-0.05, 0) is 55.1 Å². The molecule has 0 aliphatic carbocycles. The maximum atomic E-state index is 12.4. The summed E-state index contributed by atoms with van der Waals surface area (Å²) in [5, 5.41) is 13.4. The van der Waals surface area contributed by atoms with Crippen LogP contribution < -0.4 is 5.32 Å². The predicted molar refractivity (Wildman–Crippen MR) is 96.1 cm³/mol. The number of benzene rings is 2. The van der Waals surface area contributed by atoms with Crippen LogP contribution in [0.15, 0.2) is 60.0 Å². The van der Waals surface area contributed by atoms with Crippen LogP contribution in [0.1, 0.15) is 15.9 Å². The molecule has 5 nitrogen and oxygen atoms in total. The van der Waals surface area contributed by atoms with Gasteiger partial charge in [-0.25, -0.2) is 4.98 Å². The number of aryl methyl sites for hydroxylation is 1. The van der Waals surface area contributed by atoms with Crippen LogP contribution >= 0.6 is 11.8 Å². The van der Waals surface area contributed by atoms with Crippen molar-refractivity contribution in [3.8, 4) is 11.4 Å². The van der Waals surface area contributed by atoms with Crippen LogP contribution in [0.5, 0.6) is 5.75 Å². The van der Waals surface area contributed by atoms with Gasteiger partial charge in [-0.15, -0.1) is 0 Å². The van der Waals surface area contributed by atoms with Crippen molar-refractivity contribution in [3.63, 3.8) is 0 Å². The lowest BCUT2D eigenvalue weighted by molar-refractivity contribution is 0.102. The quantitative estimate of drug-likeness (QED) is 0.559. The summed E-state index contributed by atoms with van der Waals surface area (Å²) in [4.78, 5) is 16.6. The van der Waals surface area contributed by atoms with Crippen LogP contribution in [-0.2, 0) is 0 Å². The molecule has 0 radical (unpaired) electrons. The van der Waals surface area contributed by atoms with Crippen molar-refractivity contribution in [2.24, 2.45) is 0 Å². The standard InChI is InChI=1S/C18H17N3O2S/c1-12-3-8-16(22)15(11-12)20-17(23)13-4-6-14(7-5-13)21-10-9-19-18(21)24-2/h3-11,22H,1-2H3,(H,20,23). The highest BCUT2D eigenvalue weighted by Crippen LogP contribution is 2.25. The van der Waals surface area contributed by atoms with E-state index < -0.39 is 0 Å². The van der Waals surface area contributed by atoms with Gasteiger partial charge >= 0.3 is 0 Å². The van der Waals surface area contributed by atoms with Crippen LogP contribution in [0.4, 0.5) is 5.69 Å². The van der Waals surface area contributed by atoms with E-state index in [4.69, 9.17) is 0 Å². The van der Waals surface area contributed by atoms with Gasteiger partial charge < -0.3 is 10.4 Å². The molecule has 0 spiro atoms. The summed E-state index contributed by atoms with van der Waals surface area (Å²) in [5.41, 5.74) is 2.82. The number of anilines is 1. The number of hydrogen-bond donors (Lipinski definition) is 2. The van der Waals surface area contributed by atoms with E-state index in [1.807, 2.05) is 36.1 Å². The number of amides is 1. The molecule has 24 heavy (non-hydrogen) atoms. The molecule has 0 bridgehead atoms. The Kier molecular flexibility index (Phi) is 4.57. The average molecular weight is 339 g/mol. The molecular formula is C18H17N3O2S. The van der Waals surface area contributed by atoms with E-state index in [9.17, 15) is 9.90 Å². The third kappa shape index (κ3) is 3.28. The molecule has 1 amide bonds. The summed E-state index contributed by atoms with van der Waals surface area (Å²) in [6.07, 6.45) is 5.59. The lowest BCUT2D eigenvalue weighted by atomic mass is 10.1. The van der Waals surface area contributed by atoms with Gasteiger partial charge in [0.15, 0.2) is 5.16 Å². The molecule has 6 heteroatoms. The molecule has 0 unspecified atom stereocenters. The number of aromatic nitrogens is 2. The Bertz CT molecular complexity index is 872. The Morgan fingerprint density at radius 2 is 1.96 bits per heavy atom. The maximum Gasteiger partial charge on any atom is 0.255 e. The number of carbonyl (C=O) groups is 1. The van der Waals surface area contributed by atoms with Crippen molar-refractivity contribution in [1.82, 2.24) is 9.55 Å². The minimum atomic E-state index is -0.266. The Balaban J connectivity index is 1.80. The molecule has 2 aromatic carbocycles. The zero-order valence-corrected chi connectivity index (χ0v) is 14.2. The molecule has 0 saturated carbocycles. The molecule has 0 saturated heterocycles. The summed E-state index contributed by atoms with van der Waals surface area (Å²) in [5.74, 6) is -0.216. The topological polar surface area (TPSA) is 67.2 Å². The molecule has 3 rings (SSSR count). The second-order valence-corrected chi connectivity index (χ2v) is 6.08. The highest BCUT2D eigenvalue weighted by Gasteiger charge is 2.10. The molecule has 0 aliphatic heterocycles. The van der Waals surface area contributed by atoms with E-state index >= 15 is 0 Å². The molecule has 1 heterocycles. The van der Waals surface area contributed by atoms with Crippen LogP contribution in [-0.4, -0.2) is 26.8 Å². The highest BCUT2D eigenvalue weighted by atomic mass is 32.2. The van der Waals surface area contributed by atoms with Gasteiger partial charge in [0.2, 0.25) is 0 Å². The summed E-state index contributed by atoms with van der Waals surface area (Å²) in [6, 6.07) is 12.3. The second-order valence-electron chi connectivity index (χ2n) is 5.31. The maximum absolute atomic E-state index is 12.4. The Hall–Kier alpha value is -2.73. The molecule has 0 fully saturated rings. The van der Waals surface area contributed by atoms with E-state index in [0.717, 1.165) is 16.4 Å². The highest BCUT2D eigenvalue weighted by molar-refractivity contribution is 7.98. The minimum absolute atomic E-state index is 0.0496. The van der Waals surface area contributed by atoms with Gasteiger partial charge in [-0.3, -0.25) is 9.36 Å². The minimum Gasteiger partial charge on any atom is -0.506 e. The molecule has 0 atom stereocenters. The van der Waals surface area contributed by atoms with Crippen molar-refractivity contribution < 1.29 is 9.90 Å². The van der Waals surface area contributed by atoms with E-state index in [-0.39, 0.29) is 11.7 Å². The zero-order valence-electron chi connectivity index (χ0n) is 13.4. The predicted octanol–water partition coefficient (Wildman–Crippen LogP) is 3.86. The Morgan fingerprint density at radius 3 is 2.67 bits per heavy atom. The second kappa shape index (κ2) is 6.80. The lowest BCUT2D eigenvalue weighted by Crippen LogP contribution is -2.12. The average Bonchev–Trinajstić information content (AvgIpc) is 3.07. The SMILES string of the molecule is CSc1nccn1-c1ccc(C(=O)Nc2cc(C)ccc2O)cc1. The van der Waals surface area contributed by atoms with Crippen LogP contribution in [0.25, 0.3) is 5.69 Å². The first-order chi connectivity index (χ1) is 11.6. The fourth-order valence-corrected chi connectivity index (χ4v) is 2.88. The molecule has 2 N–H and O–H groups in total. The normalized spacial score (nSPS) is 10.6. The third-order valence-electron chi connectivity index (χ3n) is 3.60. The number of nitrogens with zero attached hydrogens (tertiary/aromatic N) is 2. The summed E-state index contributed by atoms with van der Waals surface area (Å²) < 4.78 is 1.96. The molecular weight excluding hydrogens is 322 g/mol. The lowest BCUT2D eigenvalue weighted by Gasteiger charge is -2.10. The number of thioether (sulfide) groups is 1. The first-order valence-corrected chi connectivity index (χ1v) is 8.59. The van der Waals surface area contributed by atoms with Crippen molar-refractivity contribution in [1.29, 1.82) is 0 Å². The van der Waals surface area contributed by atoms with E-state index in [2.05, 4.69) is 10.3 Å². The van der Waals surface area contributed by atoms with Gasteiger partial charge in [0.05, 0.1) is 5.69 Å². The van der Waals surface area contributed by atoms with Gasteiger partial charge in [-0.2, -0.15) is 0 Å². The number of nitrogens with one attached hydrogen (secondary N) is 1. The summed E-state index contributed by atoms with van der Waals surface area (Å²) >= 11 is 1.56. The van der Waals surface area contributed by atoms with Gasteiger partial charge in [0.1, 0.15) is 5.75 Å².